The van der Waals surface area contributed by atoms with Crippen molar-refractivity contribution in [3.05, 3.63) is 46.0 Å². The van der Waals surface area contributed by atoms with Crippen LogP contribution in [0.1, 0.15) is 28.2 Å². The highest BCUT2D eigenvalue weighted by molar-refractivity contribution is 9.10. The zero-order valence-corrected chi connectivity index (χ0v) is 14.1. The van der Waals surface area contributed by atoms with Crippen LogP contribution in [0.3, 0.4) is 0 Å². The molecule has 1 aliphatic rings. The van der Waals surface area contributed by atoms with E-state index in [1.807, 2.05) is 6.07 Å². The predicted octanol–water partition coefficient (Wildman–Crippen LogP) is 1.97. The molecule has 0 saturated carbocycles. The molecule has 2 aromatic heterocycles. The number of hydrogen-bond acceptors (Lipinski definition) is 5. The molecule has 3 rings (SSSR count). The fourth-order valence-corrected chi connectivity index (χ4v) is 2.91. The average molecular weight is 379 g/mol. The topological polar surface area (TPSA) is 79.5 Å². The standard InChI is InChI=1S/C15H15BrN4O3/c1-10-5-13(18-23-10)15(22)20-4-2-3-19(20)14(21)7-11-6-12(16)9-17-8-11/h5-6,8-9H,2-4,7H2,1H3. The zero-order chi connectivity index (χ0) is 16.4. The van der Waals surface area contributed by atoms with E-state index in [0.29, 0.717) is 18.8 Å². The van der Waals surface area contributed by atoms with Gasteiger partial charge in [0, 0.05) is 36.0 Å². The van der Waals surface area contributed by atoms with Gasteiger partial charge in [-0.2, -0.15) is 0 Å². The Morgan fingerprint density at radius 3 is 2.74 bits per heavy atom. The molecule has 0 spiro atoms. The molecule has 120 valence electrons. The molecule has 0 aromatic carbocycles. The SMILES string of the molecule is Cc1cc(C(=O)N2CCCN2C(=O)Cc2cncc(Br)c2)no1. The van der Waals surface area contributed by atoms with Crippen molar-refractivity contribution < 1.29 is 14.1 Å². The number of rotatable bonds is 3. The summed E-state index contributed by atoms with van der Waals surface area (Å²) in [5.74, 6) is 0.0988. The number of carbonyl (C=O) groups excluding carboxylic acids is 2. The zero-order valence-electron chi connectivity index (χ0n) is 12.5. The molecular formula is C15H15BrN4O3. The fraction of sp³-hybridized carbons (Fsp3) is 0.333. The third kappa shape index (κ3) is 3.42. The molecule has 7 nitrogen and oxygen atoms in total. The lowest BCUT2D eigenvalue weighted by Crippen LogP contribution is -2.45. The quantitative estimate of drug-likeness (QED) is 0.815. The Labute approximate surface area is 141 Å². The normalized spacial score (nSPS) is 14.3. The molecule has 0 N–H and O–H groups in total. The Morgan fingerprint density at radius 1 is 1.26 bits per heavy atom. The first-order valence-electron chi connectivity index (χ1n) is 7.19. The van der Waals surface area contributed by atoms with E-state index in [2.05, 4.69) is 26.1 Å². The number of aryl methyl sites for hydroxylation is 1. The molecule has 1 aliphatic heterocycles. The number of amides is 2. The summed E-state index contributed by atoms with van der Waals surface area (Å²) in [5, 5.41) is 6.64. The monoisotopic (exact) mass is 378 g/mol. The third-order valence-corrected chi connectivity index (χ3v) is 3.95. The van der Waals surface area contributed by atoms with Gasteiger partial charge in [0.2, 0.25) is 5.91 Å². The van der Waals surface area contributed by atoms with E-state index in [-0.39, 0.29) is 23.9 Å². The number of halogens is 1. The lowest BCUT2D eigenvalue weighted by molar-refractivity contribution is -0.139. The molecule has 0 atom stereocenters. The van der Waals surface area contributed by atoms with Gasteiger partial charge in [-0.3, -0.25) is 19.6 Å². The van der Waals surface area contributed by atoms with Crippen LogP contribution in [-0.2, 0) is 11.2 Å². The fourth-order valence-electron chi connectivity index (χ4n) is 2.50. The number of hydrogen-bond donors (Lipinski definition) is 0. The van der Waals surface area contributed by atoms with Crippen LogP contribution in [0.25, 0.3) is 0 Å². The summed E-state index contributed by atoms with van der Waals surface area (Å²) in [6.07, 6.45) is 4.23. The molecule has 0 unspecified atom stereocenters. The van der Waals surface area contributed by atoms with E-state index >= 15 is 0 Å². The van der Waals surface area contributed by atoms with Crippen molar-refractivity contribution in [2.75, 3.05) is 13.1 Å². The second-order valence-electron chi connectivity index (χ2n) is 5.31. The molecule has 0 radical (unpaired) electrons. The molecule has 1 saturated heterocycles. The van der Waals surface area contributed by atoms with Gasteiger partial charge >= 0.3 is 0 Å². The second kappa shape index (κ2) is 6.49. The highest BCUT2D eigenvalue weighted by Crippen LogP contribution is 2.18. The van der Waals surface area contributed by atoms with Gasteiger partial charge in [0.05, 0.1) is 6.42 Å². The summed E-state index contributed by atoms with van der Waals surface area (Å²) in [6.45, 7) is 2.73. The Kier molecular flexibility index (Phi) is 4.42. The number of carbonyl (C=O) groups is 2. The van der Waals surface area contributed by atoms with E-state index in [9.17, 15) is 9.59 Å². The van der Waals surface area contributed by atoms with Crippen LogP contribution < -0.4 is 0 Å². The van der Waals surface area contributed by atoms with Gasteiger partial charge in [0.15, 0.2) is 5.69 Å². The molecule has 0 aliphatic carbocycles. The molecular weight excluding hydrogens is 364 g/mol. The Hall–Kier alpha value is -2.22. The molecule has 2 aromatic rings. The molecule has 3 heterocycles. The lowest BCUT2D eigenvalue weighted by Gasteiger charge is -2.27. The highest BCUT2D eigenvalue weighted by Gasteiger charge is 2.32. The lowest BCUT2D eigenvalue weighted by atomic mass is 10.2. The van der Waals surface area contributed by atoms with Gasteiger partial charge in [0.1, 0.15) is 5.76 Å². The van der Waals surface area contributed by atoms with Crippen molar-refractivity contribution in [3.63, 3.8) is 0 Å². The summed E-state index contributed by atoms with van der Waals surface area (Å²) in [5.41, 5.74) is 1.01. The van der Waals surface area contributed by atoms with E-state index < -0.39 is 0 Å². The predicted molar refractivity (Wildman–Crippen MR) is 84.2 cm³/mol. The van der Waals surface area contributed by atoms with Gasteiger partial charge in [-0.05, 0) is 40.9 Å². The first kappa shape index (κ1) is 15.7. The molecule has 2 amide bonds. The van der Waals surface area contributed by atoms with Gasteiger partial charge in [-0.15, -0.1) is 0 Å². The van der Waals surface area contributed by atoms with Gasteiger partial charge in [0.25, 0.3) is 5.91 Å². The van der Waals surface area contributed by atoms with Gasteiger partial charge in [-0.1, -0.05) is 5.16 Å². The maximum absolute atomic E-state index is 12.5. The minimum atomic E-state index is -0.319. The maximum Gasteiger partial charge on any atom is 0.294 e. The summed E-state index contributed by atoms with van der Waals surface area (Å²) >= 11 is 3.33. The number of hydrazine groups is 1. The minimum absolute atomic E-state index is 0.143. The van der Waals surface area contributed by atoms with Crippen molar-refractivity contribution >= 4 is 27.7 Å². The van der Waals surface area contributed by atoms with Crippen LogP contribution in [0.4, 0.5) is 0 Å². The third-order valence-electron chi connectivity index (χ3n) is 3.52. The summed E-state index contributed by atoms with van der Waals surface area (Å²) in [4.78, 5) is 29.0. The van der Waals surface area contributed by atoms with Crippen LogP contribution in [-0.4, -0.2) is 45.1 Å². The smallest absolute Gasteiger partial charge is 0.294 e. The Morgan fingerprint density at radius 2 is 2.04 bits per heavy atom. The van der Waals surface area contributed by atoms with Crippen molar-refractivity contribution in [2.45, 2.75) is 19.8 Å². The van der Waals surface area contributed by atoms with E-state index in [1.54, 1.807) is 25.4 Å². The van der Waals surface area contributed by atoms with Crippen molar-refractivity contribution in [1.29, 1.82) is 0 Å². The molecule has 8 heteroatoms. The van der Waals surface area contributed by atoms with Crippen molar-refractivity contribution in [3.8, 4) is 0 Å². The highest BCUT2D eigenvalue weighted by atomic mass is 79.9. The Balaban J connectivity index is 1.73. The van der Waals surface area contributed by atoms with Crippen LogP contribution in [0.5, 0.6) is 0 Å². The Bertz CT molecular complexity index is 746. The largest absolute Gasteiger partial charge is 0.361 e. The van der Waals surface area contributed by atoms with Gasteiger partial charge in [-0.25, -0.2) is 5.01 Å². The summed E-state index contributed by atoms with van der Waals surface area (Å²) < 4.78 is 5.75. The van der Waals surface area contributed by atoms with E-state index in [1.165, 1.54) is 10.0 Å². The van der Waals surface area contributed by atoms with Crippen LogP contribution in [0.2, 0.25) is 0 Å². The second-order valence-corrected chi connectivity index (χ2v) is 6.23. The number of nitrogens with zero attached hydrogens (tertiary/aromatic N) is 4. The molecule has 23 heavy (non-hydrogen) atoms. The van der Waals surface area contributed by atoms with Crippen LogP contribution in [0.15, 0.2) is 33.5 Å². The van der Waals surface area contributed by atoms with Crippen molar-refractivity contribution in [2.24, 2.45) is 0 Å². The van der Waals surface area contributed by atoms with E-state index in [4.69, 9.17) is 4.52 Å². The van der Waals surface area contributed by atoms with Crippen LogP contribution >= 0.6 is 15.9 Å². The van der Waals surface area contributed by atoms with E-state index in [0.717, 1.165) is 16.5 Å². The molecule has 0 bridgehead atoms. The minimum Gasteiger partial charge on any atom is -0.361 e. The maximum atomic E-state index is 12.5. The average Bonchev–Trinajstić information content (AvgIpc) is 3.15. The number of pyridine rings is 1. The van der Waals surface area contributed by atoms with Gasteiger partial charge < -0.3 is 4.52 Å². The molecule has 1 fully saturated rings. The summed E-state index contributed by atoms with van der Waals surface area (Å²) in [6, 6.07) is 3.41. The first-order valence-corrected chi connectivity index (χ1v) is 7.99. The number of aromatic nitrogens is 2. The van der Waals surface area contributed by atoms with Crippen molar-refractivity contribution in [1.82, 2.24) is 20.2 Å². The summed E-state index contributed by atoms with van der Waals surface area (Å²) in [7, 11) is 0. The first-order chi connectivity index (χ1) is 11.0. The van der Waals surface area contributed by atoms with Crippen LogP contribution in [0, 0.1) is 6.92 Å².